The molecule has 0 unspecified atom stereocenters. The zero-order valence-corrected chi connectivity index (χ0v) is 5.45. The highest BCUT2D eigenvalue weighted by Crippen LogP contribution is 2.04. The molecule has 0 saturated heterocycles. The van der Waals surface area contributed by atoms with Crippen LogP contribution in [0, 0.1) is 0 Å². The van der Waals surface area contributed by atoms with E-state index in [9.17, 15) is 0 Å². The van der Waals surface area contributed by atoms with Crippen molar-refractivity contribution in [3.05, 3.63) is 24.5 Å². The van der Waals surface area contributed by atoms with Crippen LogP contribution in [-0.4, -0.2) is 11.7 Å². The van der Waals surface area contributed by atoms with Crippen molar-refractivity contribution in [2.75, 3.05) is 6.73 Å². The molecule has 0 spiro atoms. The van der Waals surface area contributed by atoms with E-state index in [4.69, 9.17) is 10.6 Å². The van der Waals surface area contributed by atoms with Crippen molar-refractivity contribution in [1.29, 1.82) is 0 Å². The van der Waals surface area contributed by atoms with Crippen molar-refractivity contribution >= 4 is 0 Å². The van der Waals surface area contributed by atoms with E-state index in [-0.39, 0.29) is 0 Å². The van der Waals surface area contributed by atoms with Gasteiger partial charge in [0.1, 0.15) is 5.75 Å². The number of pyridine rings is 1. The van der Waals surface area contributed by atoms with Crippen LogP contribution in [-0.2, 0) is 0 Å². The number of nitrogens with two attached hydrogens (primary N) is 1. The normalized spacial score (nSPS) is 9.30. The molecule has 10 heavy (non-hydrogen) atoms. The molecule has 1 aromatic rings. The maximum absolute atomic E-state index is 5.08. The summed E-state index contributed by atoms with van der Waals surface area (Å²) in [6.45, 7) is 0.310. The van der Waals surface area contributed by atoms with Crippen molar-refractivity contribution < 1.29 is 4.74 Å². The molecule has 0 amide bonds. The number of nitrogens with zero attached hydrogens (tertiary/aromatic N) is 1. The second kappa shape index (κ2) is 3.81. The van der Waals surface area contributed by atoms with Crippen LogP contribution in [0.1, 0.15) is 0 Å². The fourth-order valence-electron chi connectivity index (χ4n) is 0.559. The lowest BCUT2D eigenvalue weighted by Crippen LogP contribution is -2.26. The van der Waals surface area contributed by atoms with Gasteiger partial charge in [-0.1, -0.05) is 0 Å². The zero-order valence-electron chi connectivity index (χ0n) is 5.45. The van der Waals surface area contributed by atoms with Crippen LogP contribution in [0.25, 0.3) is 0 Å². The Hall–Kier alpha value is -1.13. The van der Waals surface area contributed by atoms with Crippen molar-refractivity contribution in [3.63, 3.8) is 0 Å². The molecule has 0 aliphatic rings. The molecule has 54 valence electrons. The highest BCUT2D eigenvalue weighted by molar-refractivity contribution is 5.16. The molecule has 0 radical (unpaired) electrons. The molecule has 3 N–H and O–H groups in total. The average Bonchev–Trinajstić information content (AvgIpc) is 2.03. The summed E-state index contributed by atoms with van der Waals surface area (Å²) in [5.74, 6) is 5.74. The van der Waals surface area contributed by atoms with E-state index in [2.05, 4.69) is 10.4 Å². The van der Waals surface area contributed by atoms with Gasteiger partial charge in [0.25, 0.3) is 0 Å². The van der Waals surface area contributed by atoms with E-state index in [1.54, 1.807) is 24.5 Å². The Morgan fingerprint density at radius 2 is 2.20 bits per heavy atom. The number of nitrogens with one attached hydrogen (secondary N) is 1. The van der Waals surface area contributed by atoms with Gasteiger partial charge >= 0.3 is 0 Å². The van der Waals surface area contributed by atoms with Gasteiger partial charge < -0.3 is 4.74 Å². The molecule has 1 rings (SSSR count). The zero-order chi connectivity index (χ0) is 7.23. The summed E-state index contributed by atoms with van der Waals surface area (Å²) in [7, 11) is 0. The highest BCUT2D eigenvalue weighted by atomic mass is 16.5. The van der Waals surface area contributed by atoms with Crippen molar-refractivity contribution in [3.8, 4) is 5.75 Å². The molecule has 0 bridgehead atoms. The van der Waals surface area contributed by atoms with E-state index >= 15 is 0 Å². The molecule has 4 heteroatoms. The molecule has 0 aromatic carbocycles. The second-order valence-electron chi connectivity index (χ2n) is 1.68. The number of hydrogen-bond donors (Lipinski definition) is 2. The van der Waals surface area contributed by atoms with Crippen LogP contribution in [0.3, 0.4) is 0 Å². The fraction of sp³-hybridized carbons (Fsp3) is 0.167. The SMILES string of the molecule is NNCOc1ccncc1. The minimum atomic E-state index is 0.310. The molecule has 4 nitrogen and oxygen atoms in total. The maximum atomic E-state index is 5.08. The van der Waals surface area contributed by atoms with Crippen LogP contribution < -0.4 is 16.0 Å². The van der Waals surface area contributed by atoms with Gasteiger partial charge in [-0.25, -0.2) is 5.43 Å². The summed E-state index contributed by atoms with van der Waals surface area (Å²) < 4.78 is 5.08. The third kappa shape index (κ3) is 2.00. The van der Waals surface area contributed by atoms with Crippen LogP contribution in [0.15, 0.2) is 24.5 Å². The third-order valence-corrected chi connectivity index (χ3v) is 0.972. The molecular formula is C6H9N3O. The van der Waals surface area contributed by atoms with Gasteiger partial charge in [-0.15, -0.1) is 0 Å². The monoisotopic (exact) mass is 139 g/mol. The first-order chi connectivity index (χ1) is 4.93. The summed E-state index contributed by atoms with van der Waals surface area (Å²) in [5.41, 5.74) is 2.37. The summed E-state index contributed by atoms with van der Waals surface area (Å²) in [6.07, 6.45) is 3.32. The molecule has 1 heterocycles. The molecule has 1 aromatic heterocycles. The highest BCUT2D eigenvalue weighted by Gasteiger charge is 1.86. The lowest BCUT2D eigenvalue weighted by Gasteiger charge is -2.02. The van der Waals surface area contributed by atoms with Crippen LogP contribution in [0.5, 0.6) is 5.75 Å². The summed E-state index contributed by atoms with van der Waals surface area (Å²) in [5, 5.41) is 0. The van der Waals surface area contributed by atoms with Crippen molar-refractivity contribution in [1.82, 2.24) is 10.4 Å². The first-order valence-electron chi connectivity index (χ1n) is 2.90. The van der Waals surface area contributed by atoms with Crippen LogP contribution in [0.2, 0.25) is 0 Å². The minimum absolute atomic E-state index is 0.310. The van der Waals surface area contributed by atoms with E-state index in [0.717, 1.165) is 5.75 Å². The maximum Gasteiger partial charge on any atom is 0.151 e. The van der Waals surface area contributed by atoms with Crippen LogP contribution in [0.4, 0.5) is 0 Å². The van der Waals surface area contributed by atoms with Gasteiger partial charge in [-0.3, -0.25) is 10.8 Å². The predicted molar refractivity (Wildman–Crippen MR) is 37.1 cm³/mol. The topological polar surface area (TPSA) is 60.2 Å². The first-order valence-corrected chi connectivity index (χ1v) is 2.90. The largest absolute Gasteiger partial charge is 0.477 e. The molecule has 0 aliphatic carbocycles. The number of hydrazine groups is 1. The van der Waals surface area contributed by atoms with E-state index in [0.29, 0.717) is 6.73 Å². The Morgan fingerprint density at radius 1 is 1.50 bits per heavy atom. The summed E-state index contributed by atoms with van der Waals surface area (Å²) in [6, 6.07) is 3.52. The van der Waals surface area contributed by atoms with E-state index < -0.39 is 0 Å². The number of rotatable bonds is 3. The predicted octanol–water partition coefficient (Wildman–Crippen LogP) is -0.119. The average molecular weight is 139 g/mol. The molecular weight excluding hydrogens is 130 g/mol. The smallest absolute Gasteiger partial charge is 0.151 e. The van der Waals surface area contributed by atoms with E-state index in [1.165, 1.54) is 0 Å². The van der Waals surface area contributed by atoms with E-state index in [1.807, 2.05) is 0 Å². The third-order valence-electron chi connectivity index (χ3n) is 0.972. The number of ether oxygens (including phenoxy) is 1. The van der Waals surface area contributed by atoms with Gasteiger partial charge in [0, 0.05) is 12.4 Å². The van der Waals surface area contributed by atoms with Crippen molar-refractivity contribution in [2.24, 2.45) is 5.84 Å². The number of aromatic nitrogens is 1. The quantitative estimate of drug-likeness (QED) is 0.348. The lowest BCUT2D eigenvalue weighted by molar-refractivity contribution is 0.286. The van der Waals surface area contributed by atoms with Crippen molar-refractivity contribution in [2.45, 2.75) is 0 Å². The Kier molecular flexibility index (Phi) is 2.66. The molecule has 0 aliphatic heterocycles. The second-order valence-corrected chi connectivity index (χ2v) is 1.68. The summed E-state index contributed by atoms with van der Waals surface area (Å²) >= 11 is 0. The Balaban J connectivity index is 2.43. The molecule has 0 fully saturated rings. The van der Waals surface area contributed by atoms with Gasteiger partial charge in [-0.05, 0) is 12.1 Å². The van der Waals surface area contributed by atoms with Gasteiger partial charge in [0.05, 0.1) is 0 Å². The Morgan fingerprint density at radius 3 is 2.80 bits per heavy atom. The standard InChI is InChI=1S/C6H9N3O/c7-9-5-10-6-1-3-8-4-2-6/h1-4,9H,5,7H2. The first kappa shape index (κ1) is 6.98. The molecule has 0 saturated carbocycles. The summed E-state index contributed by atoms with van der Waals surface area (Å²) in [4.78, 5) is 3.82. The minimum Gasteiger partial charge on any atom is -0.477 e. The van der Waals surface area contributed by atoms with Gasteiger partial charge in [-0.2, -0.15) is 0 Å². The van der Waals surface area contributed by atoms with Gasteiger partial charge in [0.15, 0.2) is 6.73 Å². The van der Waals surface area contributed by atoms with Gasteiger partial charge in [0.2, 0.25) is 0 Å². The Labute approximate surface area is 59.0 Å². The molecule has 0 atom stereocenters. The fourth-order valence-corrected chi connectivity index (χ4v) is 0.559. The lowest BCUT2D eigenvalue weighted by atomic mass is 10.5. The Bertz CT molecular complexity index is 178. The van der Waals surface area contributed by atoms with Crippen LogP contribution >= 0.6 is 0 Å². The number of hydrogen-bond acceptors (Lipinski definition) is 4.